The lowest BCUT2D eigenvalue weighted by atomic mass is 10.2. The molecule has 3 rings (SSSR count). The fraction of sp³-hybridized carbons (Fsp3) is 0.682. The highest BCUT2D eigenvalue weighted by molar-refractivity contribution is 14.0. The number of hydrogen-bond acceptors (Lipinski definition) is 6. The van der Waals surface area contributed by atoms with E-state index in [9.17, 15) is 4.79 Å². The highest BCUT2D eigenvalue weighted by atomic mass is 127. The zero-order chi connectivity index (χ0) is 21.9. The average Bonchev–Trinajstić information content (AvgIpc) is 3.61. The molecule has 0 bridgehead atoms. The third-order valence-electron chi connectivity index (χ3n) is 5.38. The molecule has 1 aliphatic heterocycles. The average molecular weight is 560 g/mol. The van der Waals surface area contributed by atoms with Crippen LogP contribution in [0.4, 0.5) is 0 Å². The second-order valence-electron chi connectivity index (χ2n) is 8.03. The first-order valence-corrected chi connectivity index (χ1v) is 11.3. The van der Waals surface area contributed by atoms with Crippen LogP contribution in [0.3, 0.4) is 0 Å². The second-order valence-corrected chi connectivity index (χ2v) is 8.03. The summed E-state index contributed by atoms with van der Waals surface area (Å²) < 4.78 is 10.8. The number of nitrogens with zero attached hydrogens (tertiary/aromatic N) is 4. The van der Waals surface area contributed by atoms with Crippen LogP contribution in [0.2, 0.25) is 0 Å². The van der Waals surface area contributed by atoms with Gasteiger partial charge in [0, 0.05) is 58.6 Å². The minimum absolute atomic E-state index is 0. The van der Waals surface area contributed by atoms with E-state index < -0.39 is 0 Å². The van der Waals surface area contributed by atoms with Crippen molar-refractivity contribution in [3.05, 3.63) is 23.9 Å². The minimum atomic E-state index is 0. The molecule has 0 aromatic carbocycles. The molecule has 2 fully saturated rings. The monoisotopic (exact) mass is 560 g/mol. The number of hydrogen-bond donors (Lipinski definition) is 2. The highest BCUT2D eigenvalue weighted by Gasteiger charge is 2.22. The van der Waals surface area contributed by atoms with Gasteiger partial charge in [-0.15, -0.1) is 24.0 Å². The van der Waals surface area contributed by atoms with Crippen molar-refractivity contribution in [2.45, 2.75) is 26.3 Å². The lowest BCUT2D eigenvalue weighted by Gasteiger charge is -2.36. The molecule has 1 amide bonds. The first-order valence-electron chi connectivity index (χ1n) is 11.3. The van der Waals surface area contributed by atoms with Gasteiger partial charge in [-0.3, -0.25) is 9.69 Å². The summed E-state index contributed by atoms with van der Waals surface area (Å²) in [4.78, 5) is 25.6. The normalized spacial score (nSPS) is 16.9. The topological polar surface area (TPSA) is 91.3 Å². The van der Waals surface area contributed by atoms with Gasteiger partial charge in [0.1, 0.15) is 0 Å². The van der Waals surface area contributed by atoms with Crippen molar-refractivity contribution in [2.75, 3.05) is 66.1 Å². The van der Waals surface area contributed by atoms with Crippen LogP contribution >= 0.6 is 24.0 Å². The number of aromatic nitrogens is 1. The van der Waals surface area contributed by atoms with E-state index >= 15 is 0 Å². The molecule has 10 heteroatoms. The van der Waals surface area contributed by atoms with E-state index in [-0.39, 0.29) is 29.9 Å². The van der Waals surface area contributed by atoms with Gasteiger partial charge in [-0.1, -0.05) is 0 Å². The van der Waals surface area contributed by atoms with Crippen molar-refractivity contribution in [1.82, 2.24) is 25.4 Å². The number of rotatable bonds is 11. The standard InChI is InChI=1S/C22H36N6O3.HI/c1-3-23-22(26-15-19-6-7-25-21(14-19)31-17-18-4-5-18)28-11-9-27(10-12-28)16-20(29)24-8-13-30-2;/h6-7,14,18H,3-5,8-13,15-17H2,1-2H3,(H,23,26)(H,24,29);1H. The summed E-state index contributed by atoms with van der Waals surface area (Å²) >= 11 is 0. The van der Waals surface area contributed by atoms with Gasteiger partial charge >= 0.3 is 0 Å². The Bertz CT molecular complexity index is 723. The molecular formula is C22H37IN6O3. The number of carbonyl (C=O) groups excluding carboxylic acids is 1. The second kappa shape index (κ2) is 14.5. The van der Waals surface area contributed by atoms with Crippen LogP contribution < -0.4 is 15.4 Å². The fourth-order valence-electron chi connectivity index (χ4n) is 3.38. The third-order valence-corrected chi connectivity index (χ3v) is 5.38. The predicted molar refractivity (Wildman–Crippen MR) is 136 cm³/mol. The van der Waals surface area contributed by atoms with Crippen molar-refractivity contribution in [1.29, 1.82) is 0 Å². The maximum atomic E-state index is 12.0. The maximum Gasteiger partial charge on any atom is 0.234 e. The van der Waals surface area contributed by atoms with E-state index in [1.807, 2.05) is 12.1 Å². The molecule has 9 nitrogen and oxygen atoms in total. The van der Waals surface area contributed by atoms with Crippen molar-refractivity contribution in [3.8, 4) is 5.88 Å². The number of guanidine groups is 1. The molecule has 1 aromatic heterocycles. The zero-order valence-electron chi connectivity index (χ0n) is 19.2. The summed E-state index contributed by atoms with van der Waals surface area (Å²) in [6.07, 6.45) is 4.32. The molecule has 0 atom stereocenters. The molecule has 0 unspecified atom stereocenters. The Kier molecular flexibility index (Phi) is 12.0. The molecule has 2 aliphatic rings. The Morgan fingerprint density at radius 2 is 2.03 bits per heavy atom. The number of piperazine rings is 1. The molecule has 2 heterocycles. The molecule has 0 spiro atoms. The van der Waals surface area contributed by atoms with E-state index in [1.54, 1.807) is 13.3 Å². The van der Waals surface area contributed by atoms with Crippen molar-refractivity contribution in [3.63, 3.8) is 0 Å². The van der Waals surface area contributed by atoms with Crippen LogP contribution in [0.15, 0.2) is 23.3 Å². The number of ether oxygens (including phenoxy) is 2. The first kappa shape index (κ1) is 26.6. The summed E-state index contributed by atoms with van der Waals surface area (Å²) in [5.41, 5.74) is 1.09. The third kappa shape index (κ3) is 9.45. The van der Waals surface area contributed by atoms with Gasteiger partial charge in [0.25, 0.3) is 0 Å². The van der Waals surface area contributed by atoms with E-state index in [0.717, 1.165) is 50.9 Å². The molecule has 1 saturated carbocycles. The molecule has 32 heavy (non-hydrogen) atoms. The van der Waals surface area contributed by atoms with Crippen LogP contribution in [0.25, 0.3) is 0 Å². The first-order chi connectivity index (χ1) is 15.2. The van der Waals surface area contributed by atoms with Crippen molar-refractivity contribution < 1.29 is 14.3 Å². The Labute approximate surface area is 208 Å². The summed E-state index contributed by atoms with van der Waals surface area (Å²) in [5, 5.41) is 6.27. The summed E-state index contributed by atoms with van der Waals surface area (Å²) in [6.45, 7) is 9.07. The van der Waals surface area contributed by atoms with E-state index in [4.69, 9.17) is 14.5 Å². The van der Waals surface area contributed by atoms with Gasteiger partial charge in [0.15, 0.2) is 5.96 Å². The molecule has 180 valence electrons. The van der Waals surface area contributed by atoms with Crippen LogP contribution in [-0.4, -0.2) is 92.8 Å². The van der Waals surface area contributed by atoms with Crippen LogP contribution in [0, 0.1) is 5.92 Å². The van der Waals surface area contributed by atoms with Crippen LogP contribution in [0.5, 0.6) is 5.88 Å². The Balaban J connectivity index is 0.00000363. The molecule has 2 N–H and O–H groups in total. The Hall–Kier alpha value is -1.66. The minimum Gasteiger partial charge on any atom is -0.477 e. The van der Waals surface area contributed by atoms with E-state index in [1.165, 1.54) is 12.8 Å². The number of halogens is 1. The van der Waals surface area contributed by atoms with Crippen molar-refractivity contribution >= 4 is 35.8 Å². The number of nitrogens with one attached hydrogen (secondary N) is 2. The lowest BCUT2D eigenvalue weighted by molar-refractivity contribution is -0.122. The van der Waals surface area contributed by atoms with Crippen molar-refractivity contribution in [2.24, 2.45) is 10.9 Å². The predicted octanol–water partition coefficient (Wildman–Crippen LogP) is 1.33. The number of pyridine rings is 1. The van der Waals surface area contributed by atoms with E-state index in [0.29, 0.717) is 38.0 Å². The lowest BCUT2D eigenvalue weighted by Crippen LogP contribution is -2.54. The summed E-state index contributed by atoms with van der Waals surface area (Å²) in [6, 6.07) is 3.97. The highest BCUT2D eigenvalue weighted by Crippen LogP contribution is 2.29. The maximum absolute atomic E-state index is 12.0. The molecule has 1 saturated heterocycles. The largest absolute Gasteiger partial charge is 0.477 e. The molecule has 1 aliphatic carbocycles. The van der Waals surface area contributed by atoms with Crippen LogP contribution in [-0.2, 0) is 16.1 Å². The smallest absolute Gasteiger partial charge is 0.234 e. The number of amides is 1. The fourth-order valence-corrected chi connectivity index (χ4v) is 3.38. The van der Waals surface area contributed by atoms with Gasteiger partial charge in [-0.2, -0.15) is 0 Å². The van der Waals surface area contributed by atoms with E-state index in [2.05, 4.69) is 32.3 Å². The number of methoxy groups -OCH3 is 1. The summed E-state index contributed by atoms with van der Waals surface area (Å²) in [5.74, 6) is 2.34. The Morgan fingerprint density at radius 1 is 1.25 bits per heavy atom. The zero-order valence-corrected chi connectivity index (χ0v) is 21.5. The quantitative estimate of drug-likeness (QED) is 0.183. The van der Waals surface area contributed by atoms with Gasteiger partial charge in [-0.05, 0) is 37.3 Å². The van der Waals surface area contributed by atoms with Crippen LogP contribution in [0.1, 0.15) is 25.3 Å². The number of aliphatic imine (C=N–C) groups is 1. The molecular weight excluding hydrogens is 523 g/mol. The molecule has 1 aromatic rings. The van der Waals surface area contributed by atoms with Gasteiger partial charge in [0.2, 0.25) is 11.8 Å². The SMILES string of the molecule is CCNC(=NCc1ccnc(OCC2CC2)c1)N1CCN(CC(=O)NCCOC)CC1.I. The molecule has 0 radical (unpaired) electrons. The summed E-state index contributed by atoms with van der Waals surface area (Å²) in [7, 11) is 1.63. The Morgan fingerprint density at radius 3 is 2.72 bits per heavy atom. The van der Waals surface area contributed by atoms with Gasteiger partial charge < -0.3 is 25.0 Å². The number of carbonyl (C=O) groups is 1. The van der Waals surface area contributed by atoms with Gasteiger partial charge in [0.05, 0.1) is 26.3 Å². The van der Waals surface area contributed by atoms with Gasteiger partial charge in [-0.25, -0.2) is 9.98 Å².